The highest BCUT2D eigenvalue weighted by Crippen LogP contribution is 2.92. The van der Waals surface area contributed by atoms with Gasteiger partial charge >= 0.3 is 5.97 Å². The quantitative estimate of drug-likeness (QED) is 0.167. The van der Waals surface area contributed by atoms with Crippen molar-refractivity contribution in [3.63, 3.8) is 0 Å². The number of hydrogen-bond donors (Lipinski definition) is 3. The molecule has 50 heavy (non-hydrogen) atoms. The lowest BCUT2D eigenvalue weighted by Gasteiger charge is -2.64. The molecule has 6 rings (SSSR count). The first kappa shape index (κ1) is 38.8. The average molecular weight is 714 g/mol. The summed E-state index contributed by atoms with van der Waals surface area (Å²) in [6.45, 7) is 17.9. The summed E-state index contributed by atoms with van der Waals surface area (Å²) >= 11 is 0. The molecule has 4 N–H and O–H groups in total. The Morgan fingerprint density at radius 1 is 0.880 bits per heavy atom. The van der Waals surface area contributed by atoms with Crippen molar-refractivity contribution in [3.05, 3.63) is 0 Å². The second-order valence-electron chi connectivity index (χ2n) is 18.8. The van der Waals surface area contributed by atoms with E-state index in [1.54, 1.807) is 27.7 Å². The molecule has 11 heteroatoms. The highest BCUT2D eigenvalue weighted by atomic mass is 19.3. The van der Waals surface area contributed by atoms with Crippen LogP contribution < -0.4 is 5.73 Å². The summed E-state index contributed by atoms with van der Waals surface area (Å²) in [4.78, 5) is 13.4. The molecule has 2 spiro atoms. The molecule has 0 radical (unpaired) electrons. The van der Waals surface area contributed by atoms with Gasteiger partial charge in [-0.2, -0.15) is 0 Å². The van der Waals surface area contributed by atoms with E-state index in [0.717, 1.165) is 25.7 Å². The summed E-state index contributed by atoms with van der Waals surface area (Å²) in [5.74, 6) is -3.81. The van der Waals surface area contributed by atoms with Crippen LogP contribution in [0.5, 0.6) is 0 Å². The van der Waals surface area contributed by atoms with Crippen molar-refractivity contribution in [2.24, 2.45) is 56.5 Å². The van der Waals surface area contributed by atoms with Crippen molar-refractivity contribution in [1.29, 1.82) is 0 Å². The molecule has 1 aliphatic heterocycles. The van der Waals surface area contributed by atoms with Crippen molar-refractivity contribution >= 4 is 5.97 Å². The molecule has 0 aromatic heterocycles. The van der Waals surface area contributed by atoms with Gasteiger partial charge in [0, 0.05) is 30.2 Å². The molecule has 12 atom stereocenters. The van der Waals surface area contributed by atoms with Gasteiger partial charge in [-0.3, -0.25) is 0 Å². The minimum atomic E-state index is -2.89. The van der Waals surface area contributed by atoms with Crippen molar-refractivity contribution < 1.29 is 47.5 Å². The standard InChI is InChI=1S/C39H65F2NO8/c1-24-37-12-11-34(6)30(36(8)10-9-28(50-36)33(4,5)45)25(43)22-35(34,7)27(37)21-26(31-32(2,3)39(40,41)14-13-38(24,31)37)49-29(44)23-48-20-19-47-18-17-46-16-15-42/h24-28,30-31,43,45H,9-23,42H2,1-8H3/t24-,25-,26-,27-,28-,30-,31-,34+,35-,36-,37-,38+/m0/s1. The summed E-state index contributed by atoms with van der Waals surface area (Å²) in [6.07, 6.45) is 2.96. The molecule has 0 amide bonds. The first-order chi connectivity index (χ1) is 23.2. The summed E-state index contributed by atoms with van der Waals surface area (Å²) in [5, 5.41) is 22.9. The zero-order valence-corrected chi connectivity index (χ0v) is 31.8. The van der Waals surface area contributed by atoms with E-state index < -0.39 is 46.6 Å². The van der Waals surface area contributed by atoms with Gasteiger partial charge in [0.1, 0.15) is 12.7 Å². The molecule has 1 saturated heterocycles. The number of nitrogens with two attached hydrogens (primary N) is 1. The van der Waals surface area contributed by atoms with Crippen molar-refractivity contribution in [2.75, 3.05) is 46.2 Å². The van der Waals surface area contributed by atoms with Crippen molar-refractivity contribution in [2.45, 2.75) is 142 Å². The minimum Gasteiger partial charge on any atom is -0.460 e. The molecule has 6 aliphatic rings. The minimum absolute atomic E-state index is 0.0749. The lowest BCUT2D eigenvalue weighted by atomic mass is 9.41. The fourth-order valence-corrected chi connectivity index (χ4v) is 13.7. The van der Waals surface area contributed by atoms with Crippen molar-refractivity contribution in [3.8, 4) is 0 Å². The van der Waals surface area contributed by atoms with Gasteiger partial charge in [-0.15, -0.1) is 0 Å². The molecule has 1 heterocycles. The largest absolute Gasteiger partial charge is 0.460 e. The van der Waals surface area contributed by atoms with E-state index in [0.29, 0.717) is 45.6 Å². The summed E-state index contributed by atoms with van der Waals surface area (Å²) in [6, 6.07) is 0. The van der Waals surface area contributed by atoms with Crippen LogP contribution in [0.4, 0.5) is 8.78 Å². The van der Waals surface area contributed by atoms with E-state index in [1.165, 1.54) is 0 Å². The summed E-state index contributed by atoms with van der Waals surface area (Å²) < 4.78 is 61.3. The maximum Gasteiger partial charge on any atom is 0.332 e. The zero-order valence-electron chi connectivity index (χ0n) is 31.8. The van der Waals surface area contributed by atoms with Crippen LogP contribution in [0.25, 0.3) is 0 Å². The SMILES string of the molecule is C[C@H]1[C@@]23CC[C@]4(C)[C@@H]([C@]5(C)CC[C@@H](C(C)(C)O)O5)[C@@H](O)C[C@@]4(C)[C@@H]2C[C@H](OC(=O)COCCOCCOCCN)[C@H]2C(C)(C)C(F)(F)CC[C@@]123. The van der Waals surface area contributed by atoms with Gasteiger partial charge in [-0.1, -0.05) is 34.6 Å². The van der Waals surface area contributed by atoms with E-state index in [2.05, 4.69) is 27.7 Å². The normalized spacial score (nSPS) is 47.2. The van der Waals surface area contributed by atoms with Crippen LogP contribution in [0.15, 0.2) is 0 Å². The van der Waals surface area contributed by atoms with Gasteiger partial charge in [-0.05, 0) is 99.2 Å². The predicted octanol–water partition coefficient (Wildman–Crippen LogP) is 5.52. The molecule has 288 valence electrons. The molecular weight excluding hydrogens is 648 g/mol. The summed E-state index contributed by atoms with van der Waals surface area (Å²) in [5.41, 5.74) is 1.28. The van der Waals surface area contributed by atoms with E-state index in [9.17, 15) is 15.0 Å². The van der Waals surface area contributed by atoms with E-state index >= 15 is 8.78 Å². The van der Waals surface area contributed by atoms with E-state index in [-0.39, 0.29) is 71.8 Å². The number of halogens is 2. The number of rotatable bonds is 13. The topological polar surface area (TPSA) is 130 Å². The first-order valence-electron chi connectivity index (χ1n) is 19.3. The van der Waals surface area contributed by atoms with Crippen LogP contribution in [-0.2, 0) is 28.5 Å². The number of hydrogen-bond acceptors (Lipinski definition) is 9. The fourth-order valence-electron chi connectivity index (χ4n) is 13.7. The Balaban J connectivity index is 1.25. The maximum absolute atomic E-state index is 15.9. The second kappa shape index (κ2) is 12.8. The van der Waals surface area contributed by atoms with Gasteiger partial charge in [0.25, 0.3) is 5.92 Å². The van der Waals surface area contributed by atoms with Gasteiger partial charge in [-0.25, -0.2) is 13.6 Å². The molecule has 0 aromatic carbocycles. The third-order valence-electron chi connectivity index (χ3n) is 16.0. The van der Waals surface area contributed by atoms with Crippen LogP contribution in [0, 0.1) is 50.7 Å². The number of carbonyl (C=O) groups is 1. The third kappa shape index (κ3) is 5.47. The number of esters is 1. The number of fused-ring (bicyclic) bond motifs is 2. The Labute approximate surface area is 298 Å². The molecular formula is C39H65F2NO8. The third-order valence-corrected chi connectivity index (χ3v) is 16.0. The average Bonchev–Trinajstić information content (AvgIpc) is 3.21. The number of carbonyl (C=O) groups excluding carboxylic acids is 1. The Kier molecular flexibility index (Phi) is 9.95. The van der Waals surface area contributed by atoms with Gasteiger partial charge in [0.15, 0.2) is 0 Å². The van der Waals surface area contributed by atoms with E-state index in [4.69, 9.17) is 29.4 Å². The van der Waals surface area contributed by atoms with Gasteiger partial charge in [0.05, 0.1) is 56.4 Å². The zero-order chi connectivity index (χ0) is 36.8. The van der Waals surface area contributed by atoms with Crippen LogP contribution in [0.1, 0.15) is 107 Å². The second-order valence-corrected chi connectivity index (χ2v) is 18.8. The Morgan fingerprint density at radius 3 is 2.12 bits per heavy atom. The number of aliphatic hydroxyl groups is 2. The van der Waals surface area contributed by atoms with Gasteiger partial charge in [0.2, 0.25) is 0 Å². The maximum atomic E-state index is 15.9. The monoisotopic (exact) mass is 713 g/mol. The highest BCUT2D eigenvalue weighted by molar-refractivity contribution is 5.71. The molecule has 5 aliphatic carbocycles. The number of alkyl halides is 2. The smallest absolute Gasteiger partial charge is 0.332 e. The number of aliphatic hydroxyl groups excluding tert-OH is 1. The molecule has 0 bridgehead atoms. The van der Waals surface area contributed by atoms with Crippen molar-refractivity contribution in [1.82, 2.24) is 0 Å². The van der Waals surface area contributed by atoms with Crippen LogP contribution in [0.2, 0.25) is 0 Å². The van der Waals surface area contributed by atoms with Crippen LogP contribution in [0.3, 0.4) is 0 Å². The highest BCUT2D eigenvalue weighted by Gasteiger charge is 2.90. The fraction of sp³-hybridized carbons (Fsp3) is 0.974. The lowest BCUT2D eigenvalue weighted by molar-refractivity contribution is -0.252. The first-order valence-corrected chi connectivity index (χ1v) is 19.3. The lowest BCUT2D eigenvalue weighted by Crippen LogP contribution is -2.64. The molecule has 6 fully saturated rings. The Morgan fingerprint density at radius 2 is 1.50 bits per heavy atom. The predicted molar refractivity (Wildman–Crippen MR) is 183 cm³/mol. The molecule has 5 saturated carbocycles. The molecule has 9 nitrogen and oxygen atoms in total. The molecule has 0 aromatic rings. The van der Waals surface area contributed by atoms with E-state index in [1.807, 2.05) is 0 Å². The van der Waals surface area contributed by atoms with Crippen LogP contribution in [-0.4, -0.2) is 97.8 Å². The molecule has 0 unspecified atom stereocenters. The number of ether oxygens (including phenoxy) is 5. The van der Waals surface area contributed by atoms with Gasteiger partial charge < -0.3 is 39.6 Å². The Bertz CT molecular complexity index is 1280. The van der Waals surface area contributed by atoms with Crippen LogP contribution >= 0.6 is 0 Å². The Hall–Kier alpha value is -0.950. The summed E-state index contributed by atoms with van der Waals surface area (Å²) in [7, 11) is 0.